The monoisotopic (exact) mass is 364 g/mol. The molecular weight excluding hydrogens is 336 g/mol. The summed E-state index contributed by atoms with van der Waals surface area (Å²) in [5.41, 5.74) is 2.96. The average molecular weight is 364 g/mol. The average Bonchev–Trinajstić information content (AvgIpc) is 2.54. The largest absolute Gasteiger partial charge is 0.396 e. The number of hydrogen-bond donors (Lipinski definition) is 9. The first-order valence-corrected chi connectivity index (χ1v) is 8.30. The second kappa shape index (κ2) is 12.0. The zero-order chi connectivity index (χ0) is 18.6. The molecule has 0 fully saturated rings. The van der Waals surface area contributed by atoms with Crippen molar-refractivity contribution in [1.29, 1.82) is 0 Å². The number of nitrogens with two attached hydrogens (primary N) is 1. The molecule has 0 aliphatic rings. The van der Waals surface area contributed by atoms with Crippen LogP contribution in [0.1, 0.15) is 0 Å². The molecule has 0 aromatic carbocycles. The molecule has 12 heteroatoms. The van der Waals surface area contributed by atoms with Crippen LogP contribution in [0.15, 0.2) is 0 Å². The number of aliphatic hydroxyl groups excluding tert-OH is 6. The van der Waals surface area contributed by atoms with E-state index in [0.717, 1.165) is 0 Å². The molecule has 0 saturated carbocycles. The van der Waals surface area contributed by atoms with E-state index >= 15 is 0 Å². The molecule has 0 aromatic rings. The summed E-state index contributed by atoms with van der Waals surface area (Å²) in [7, 11) is -4.08. The minimum atomic E-state index is -4.08. The molecule has 0 spiro atoms. The quantitative estimate of drug-likeness (QED) is 0.158. The van der Waals surface area contributed by atoms with Gasteiger partial charge in [0.05, 0.1) is 56.3 Å². The van der Waals surface area contributed by atoms with Crippen molar-refractivity contribution in [2.75, 3.05) is 58.5 Å². The zero-order valence-corrected chi connectivity index (χ0v) is 13.6. The van der Waals surface area contributed by atoms with Crippen molar-refractivity contribution in [2.24, 2.45) is 11.1 Å². The predicted molar refractivity (Wildman–Crippen MR) is 81.2 cm³/mol. The minimum absolute atomic E-state index is 0.0938. The minimum Gasteiger partial charge on any atom is -0.396 e. The van der Waals surface area contributed by atoms with Gasteiger partial charge in [-0.3, -0.25) is 4.55 Å². The van der Waals surface area contributed by atoms with Crippen LogP contribution in [0.25, 0.3) is 0 Å². The summed E-state index contributed by atoms with van der Waals surface area (Å²) in [6.07, 6.45) is 0. The van der Waals surface area contributed by atoms with Crippen LogP contribution in [-0.4, -0.2) is 108 Å². The fourth-order valence-electron chi connectivity index (χ4n) is 1.11. The standard InChI is InChI=1S/C6H15NO6S.C5H13NO3/c8-3-6(4-9,5-10)7-1-2-14(11,12)13;6-1-5(2-7,3-8)4-9/h7-10H,1-5H2,(H,11,12,13);7-9H,1-4,6H2. The highest BCUT2D eigenvalue weighted by molar-refractivity contribution is 7.85. The molecule has 23 heavy (non-hydrogen) atoms. The first kappa shape index (κ1) is 24.8. The Balaban J connectivity index is 0. The van der Waals surface area contributed by atoms with Crippen molar-refractivity contribution in [3.63, 3.8) is 0 Å². The molecular formula is C11H28N2O9S. The molecule has 11 nitrogen and oxygen atoms in total. The van der Waals surface area contributed by atoms with Crippen LogP contribution in [0, 0.1) is 5.41 Å². The Morgan fingerprint density at radius 1 is 0.826 bits per heavy atom. The summed E-state index contributed by atoms with van der Waals surface area (Å²) in [5.74, 6) is -0.547. The van der Waals surface area contributed by atoms with Gasteiger partial charge in [-0.25, -0.2) is 0 Å². The van der Waals surface area contributed by atoms with Gasteiger partial charge in [-0.15, -0.1) is 0 Å². The van der Waals surface area contributed by atoms with Gasteiger partial charge >= 0.3 is 0 Å². The highest BCUT2D eigenvalue weighted by atomic mass is 32.2. The molecule has 10 N–H and O–H groups in total. The maximum Gasteiger partial charge on any atom is 0.266 e. The first-order valence-electron chi connectivity index (χ1n) is 6.69. The third kappa shape index (κ3) is 10.1. The second-order valence-corrected chi connectivity index (χ2v) is 6.72. The Hall–Kier alpha value is -0.410. The predicted octanol–water partition coefficient (Wildman–Crippen LogP) is -4.91. The Kier molecular flexibility index (Phi) is 13.0. The molecule has 0 unspecified atom stereocenters. The zero-order valence-electron chi connectivity index (χ0n) is 12.8. The Morgan fingerprint density at radius 3 is 1.39 bits per heavy atom. The molecule has 0 aromatic heterocycles. The van der Waals surface area contributed by atoms with E-state index in [1.165, 1.54) is 0 Å². The summed E-state index contributed by atoms with van der Waals surface area (Å²) >= 11 is 0. The van der Waals surface area contributed by atoms with Gasteiger partial charge in [0.15, 0.2) is 0 Å². The van der Waals surface area contributed by atoms with Crippen molar-refractivity contribution in [3.8, 4) is 0 Å². The highest BCUT2D eigenvalue weighted by Crippen LogP contribution is 2.10. The lowest BCUT2D eigenvalue weighted by Crippen LogP contribution is -2.55. The Bertz CT molecular complexity index is 357. The first-order chi connectivity index (χ1) is 10.6. The van der Waals surface area contributed by atoms with E-state index in [4.69, 9.17) is 40.9 Å². The number of nitrogens with one attached hydrogen (secondary N) is 1. The van der Waals surface area contributed by atoms with E-state index in [2.05, 4.69) is 5.32 Å². The van der Waals surface area contributed by atoms with Gasteiger partial charge < -0.3 is 41.7 Å². The third-order valence-electron chi connectivity index (χ3n) is 3.21. The topological polar surface area (TPSA) is 214 Å². The summed E-state index contributed by atoms with van der Waals surface area (Å²) in [5, 5.41) is 54.6. The van der Waals surface area contributed by atoms with Gasteiger partial charge in [-0.1, -0.05) is 0 Å². The fourth-order valence-corrected chi connectivity index (χ4v) is 1.47. The van der Waals surface area contributed by atoms with Gasteiger partial charge in [0, 0.05) is 13.1 Å². The van der Waals surface area contributed by atoms with E-state index in [1.807, 2.05) is 0 Å². The van der Waals surface area contributed by atoms with Crippen molar-refractivity contribution in [2.45, 2.75) is 5.54 Å². The molecule has 0 bridgehead atoms. The van der Waals surface area contributed by atoms with Crippen molar-refractivity contribution < 1.29 is 43.6 Å². The third-order valence-corrected chi connectivity index (χ3v) is 3.93. The maximum atomic E-state index is 10.3. The van der Waals surface area contributed by atoms with Crippen molar-refractivity contribution in [1.82, 2.24) is 5.32 Å². The van der Waals surface area contributed by atoms with Crippen LogP contribution in [0.3, 0.4) is 0 Å². The number of rotatable bonds is 11. The molecule has 0 saturated heterocycles. The van der Waals surface area contributed by atoms with E-state index in [1.54, 1.807) is 0 Å². The molecule has 0 atom stereocenters. The highest BCUT2D eigenvalue weighted by Gasteiger charge is 2.27. The van der Waals surface area contributed by atoms with Crippen LogP contribution in [0.4, 0.5) is 0 Å². The lowest BCUT2D eigenvalue weighted by molar-refractivity contribution is 0.0126. The van der Waals surface area contributed by atoms with Gasteiger partial charge in [-0.2, -0.15) is 8.42 Å². The van der Waals surface area contributed by atoms with E-state index in [0.29, 0.717) is 0 Å². The lowest BCUT2D eigenvalue weighted by atomic mass is 9.92. The SMILES string of the molecule is NCC(CO)(CO)CO.O=S(=O)(O)CCNC(CO)(CO)CO. The number of hydrogen-bond acceptors (Lipinski definition) is 10. The van der Waals surface area contributed by atoms with E-state index in [-0.39, 0.29) is 32.9 Å². The summed E-state index contributed by atoms with van der Waals surface area (Å²) in [4.78, 5) is 0. The van der Waals surface area contributed by atoms with Crippen LogP contribution in [0.5, 0.6) is 0 Å². The smallest absolute Gasteiger partial charge is 0.266 e. The fraction of sp³-hybridized carbons (Fsp3) is 1.00. The number of aliphatic hydroxyl groups is 6. The van der Waals surface area contributed by atoms with Crippen LogP contribution in [0.2, 0.25) is 0 Å². The molecule has 0 radical (unpaired) electrons. The van der Waals surface area contributed by atoms with Gasteiger partial charge in [0.25, 0.3) is 10.1 Å². The summed E-state index contributed by atoms with van der Waals surface area (Å²) < 4.78 is 29.0. The Morgan fingerprint density at radius 2 is 1.22 bits per heavy atom. The van der Waals surface area contributed by atoms with Gasteiger partial charge in [0.1, 0.15) is 0 Å². The maximum absolute atomic E-state index is 10.3. The van der Waals surface area contributed by atoms with Crippen molar-refractivity contribution in [3.05, 3.63) is 0 Å². The molecule has 142 valence electrons. The Labute approximate surface area is 135 Å². The van der Waals surface area contributed by atoms with Gasteiger partial charge in [-0.05, 0) is 0 Å². The molecule has 0 rings (SSSR count). The lowest BCUT2D eigenvalue weighted by Gasteiger charge is -2.28. The van der Waals surface area contributed by atoms with Crippen LogP contribution in [-0.2, 0) is 10.1 Å². The van der Waals surface area contributed by atoms with E-state index in [9.17, 15) is 8.42 Å². The molecule has 0 amide bonds. The normalized spacial score (nSPS) is 12.7. The van der Waals surface area contributed by atoms with Crippen molar-refractivity contribution >= 4 is 10.1 Å². The summed E-state index contributed by atoms with van der Waals surface area (Å²) in [6, 6.07) is 0. The molecule has 0 aliphatic heterocycles. The molecule has 0 heterocycles. The summed E-state index contributed by atoms with van der Waals surface area (Å²) in [6.45, 7) is -2.52. The van der Waals surface area contributed by atoms with E-state index < -0.39 is 46.6 Å². The second-order valence-electron chi connectivity index (χ2n) is 5.15. The van der Waals surface area contributed by atoms with Crippen LogP contribution < -0.4 is 11.1 Å². The van der Waals surface area contributed by atoms with Crippen LogP contribution >= 0.6 is 0 Å². The van der Waals surface area contributed by atoms with Gasteiger partial charge in [0.2, 0.25) is 0 Å². The molecule has 0 aliphatic carbocycles.